The fraction of sp³-hybridized carbons (Fsp3) is 0.593. The summed E-state index contributed by atoms with van der Waals surface area (Å²) in [5.41, 5.74) is 2.00. The number of aromatic amines is 1. The lowest BCUT2D eigenvalue weighted by molar-refractivity contribution is -0.140. The van der Waals surface area contributed by atoms with Gasteiger partial charge in [-0.15, -0.1) is 0 Å². The van der Waals surface area contributed by atoms with Crippen molar-refractivity contribution in [3.8, 4) is 0 Å². The normalized spacial score (nSPS) is 17.1. The van der Waals surface area contributed by atoms with Crippen molar-refractivity contribution < 1.29 is 14.4 Å². The Morgan fingerprint density at radius 2 is 1.94 bits per heavy atom. The highest BCUT2D eigenvalue weighted by molar-refractivity contribution is 5.90. The second-order valence-corrected chi connectivity index (χ2v) is 9.75. The molecule has 186 valence electrons. The predicted octanol–water partition coefficient (Wildman–Crippen LogP) is 3.79. The number of unbranched alkanes of at least 4 members (excludes halogenated alkanes) is 3. The molecule has 1 aromatic heterocycles. The Labute approximate surface area is 203 Å². The molecule has 2 unspecified atom stereocenters. The number of benzene rings is 1. The first kappa shape index (κ1) is 25.8. The zero-order chi connectivity index (χ0) is 24.5. The molecule has 0 radical (unpaired) electrons. The van der Waals surface area contributed by atoms with Gasteiger partial charge >= 0.3 is 0 Å². The number of fused-ring (bicyclic) bond motifs is 1. The smallest absolute Gasteiger partial charge is 0.245 e. The molecule has 0 bridgehead atoms. The minimum absolute atomic E-state index is 0.0355. The molecule has 1 aromatic carbocycles. The second-order valence-electron chi connectivity index (χ2n) is 9.75. The van der Waals surface area contributed by atoms with Crippen LogP contribution in [0.1, 0.15) is 64.9 Å². The summed E-state index contributed by atoms with van der Waals surface area (Å²) in [4.78, 5) is 43.9. The Kier molecular flexibility index (Phi) is 9.54. The molecule has 2 atom stereocenters. The van der Waals surface area contributed by atoms with E-state index in [1.807, 2.05) is 44.3 Å². The SMILES string of the molecule is CCCCCCNC(=O)C1CCCN(C(=O)C(Cc2c[nH]c3ccccc23)NC(=O)C(C)C)C1. The van der Waals surface area contributed by atoms with Crippen LogP contribution >= 0.6 is 0 Å². The van der Waals surface area contributed by atoms with Gasteiger partial charge in [0.05, 0.1) is 5.92 Å². The van der Waals surface area contributed by atoms with Crippen molar-refractivity contribution >= 4 is 28.6 Å². The van der Waals surface area contributed by atoms with Gasteiger partial charge in [0, 0.05) is 49.1 Å². The number of rotatable bonds is 11. The van der Waals surface area contributed by atoms with E-state index in [2.05, 4.69) is 22.5 Å². The van der Waals surface area contributed by atoms with Gasteiger partial charge in [0.25, 0.3) is 0 Å². The van der Waals surface area contributed by atoms with Crippen LogP contribution in [-0.2, 0) is 20.8 Å². The second kappa shape index (κ2) is 12.6. The van der Waals surface area contributed by atoms with Gasteiger partial charge in [0.15, 0.2) is 0 Å². The van der Waals surface area contributed by atoms with E-state index in [4.69, 9.17) is 0 Å². The van der Waals surface area contributed by atoms with Crippen LogP contribution in [0, 0.1) is 11.8 Å². The van der Waals surface area contributed by atoms with E-state index < -0.39 is 6.04 Å². The maximum absolute atomic E-state index is 13.6. The highest BCUT2D eigenvalue weighted by atomic mass is 16.2. The molecule has 1 aliphatic rings. The first-order valence-electron chi connectivity index (χ1n) is 12.8. The van der Waals surface area contributed by atoms with Gasteiger partial charge in [-0.05, 0) is 30.9 Å². The van der Waals surface area contributed by atoms with E-state index in [9.17, 15) is 14.4 Å². The minimum atomic E-state index is -0.662. The average molecular weight is 469 g/mol. The van der Waals surface area contributed by atoms with Crippen molar-refractivity contribution in [3.63, 3.8) is 0 Å². The van der Waals surface area contributed by atoms with E-state index in [0.29, 0.717) is 26.1 Å². The Hall–Kier alpha value is -2.83. The molecular formula is C27H40N4O3. The van der Waals surface area contributed by atoms with E-state index >= 15 is 0 Å². The number of carbonyl (C=O) groups is 3. The summed E-state index contributed by atoms with van der Waals surface area (Å²) >= 11 is 0. The first-order valence-corrected chi connectivity index (χ1v) is 12.8. The van der Waals surface area contributed by atoms with Crippen LogP contribution in [0.5, 0.6) is 0 Å². The van der Waals surface area contributed by atoms with Gasteiger partial charge in [-0.25, -0.2) is 0 Å². The Morgan fingerprint density at radius 3 is 2.71 bits per heavy atom. The Morgan fingerprint density at radius 1 is 1.15 bits per heavy atom. The lowest BCUT2D eigenvalue weighted by Crippen LogP contribution is -2.54. The molecule has 2 heterocycles. The van der Waals surface area contributed by atoms with Crippen molar-refractivity contribution in [2.45, 2.75) is 71.8 Å². The van der Waals surface area contributed by atoms with Gasteiger partial charge in [-0.3, -0.25) is 14.4 Å². The van der Waals surface area contributed by atoms with Gasteiger partial charge in [-0.2, -0.15) is 0 Å². The number of nitrogens with one attached hydrogen (secondary N) is 3. The Balaban J connectivity index is 1.67. The summed E-state index contributed by atoms with van der Waals surface area (Å²) < 4.78 is 0. The molecule has 0 spiro atoms. The lowest BCUT2D eigenvalue weighted by atomic mass is 9.95. The van der Waals surface area contributed by atoms with Crippen LogP contribution in [0.2, 0.25) is 0 Å². The first-order chi connectivity index (χ1) is 16.4. The molecule has 34 heavy (non-hydrogen) atoms. The number of hydrogen-bond acceptors (Lipinski definition) is 3. The maximum atomic E-state index is 13.6. The topological polar surface area (TPSA) is 94.3 Å². The highest BCUT2D eigenvalue weighted by Crippen LogP contribution is 2.22. The molecule has 1 aliphatic heterocycles. The van der Waals surface area contributed by atoms with Crippen LogP contribution in [0.15, 0.2) is 30.5 Å². The number of carbonyl (C=O) groups excluding carboxylic acids is 3. The van der Waals surface area contributed by atoms with Crippen molar-refractivity contribution in [2.24, 2.45) is 11.8 Å². The zero-order valence-electron chi connectivity index (χ0n) is 20.9. The predicted molar refractivity (Wildman–Crippen MR) is 135 cm³/mol. The number of nitrogens with zero attached hydrogens (tertiary/aromatic N) is 1. The molecule has 7 nitrogen and oxygen atoms in total. The largest absolute Gasteiger partial charge is 0.361 e. The standard InChI is InChI=1S/C27H40N4O3/c1-4-5-6-9-14-28-26(33)20-11-10-15-31(18-20)27(34)24(30-25(32)19(2)3)16-21-17-29-23-13-8-7-12-22(21)23/h7-8,12-13,17,19-20,24,29H,4-6,9-11,14-16,18H2,1-3H3,(H,28,33)(H,30,32). The molecule has 0 saturated carbocycles. The van der Waals surface area contributed by atoms with Crippen LogP contribution < -0.4 is 10.6 Å². The van der Waals surface area contributed by atoms with E-state index in [0.717, 1.165) is 42.1 Å². The van der Waals surface area contributed by atoms with Gasteiger partial charge in [0.1, 0.15) is 6.04 Å². The summed E-state index contributed by atoms with van der Waals surface area (Å²) in [5.74, 6) is -0.631. The minimum Gasteiger partial charge on any atom is -0.361 e. The summed E-state index contributed by atoms with van der Waals surface area (Å²) in [6, 6.07) is 7.30. The third kappa shape index (κ3) is 6.84. The third-order valence-corrected chi connectivity index (χ3v) is 6.67. The van der Waals surface area contributed by atoms with Gasteiger partial charge in [0.2, 0.25) is 17.7 Å². The van der Waals surface area contributed by atoms with E-state index in [1.54, 1.807) is 4.90 Å². The van der Waals surface area contributed by atoms with Crippen molar-refractivity contribution in [1.29, 1.82) is 0 Å². The molecule has 1 fully saturated rings. The fourth-order valence-electron chi connectivity index (χ4n) is 4.58. The monoisotopic (exact) mass is 468 g/mol. The van der Waals surface area contributed by atoms with Crippen molar-refractivity contribution in [1.82, 2.24) is 20.5 Å². The van der Waals surface area contributed by atoms with Crippen LogP contribution in [0.3, 0.4) is 0 Å². The summed E-state index contributed by atoms with van der Waals surface area (Å²) in [6.45, 7) is 7.52. The molecule has 0 aliphatic carbocycles. The van der Waals surface area contributed by atoms with Gasteiger partial charge < -0.3 is 20.5 Å². The molecule has 7 heteroatoms. The fourth-order valence-corrected chi connectivity index (χ4v) is 4.58. The number of aromatic nitrogens is 1. The van der Waals surface area contributed by atoms with E-state index in [1.165, 1.54) is 12.8 Å². The quantitative estimate of drug-likeness (QED) is 0.438. The number of H-pyrrole nitrogens is 1. The molecule has 2 aromatic rings. The number of likely N-dealkylation sites (tertiary alicyclic amines) is 1. The zero-order valence-corrected chi connectivity index (χ0v) is 20.9. The van der Waals surface area contributed by atoms with Crippen LogP contribution in [0.25, 0.3) is 10.9 Å². The van der Waals surface area contributed by atoms with Crippen LogP contribution in [-0.4, -0.2) is 53.3 Å². The lowest BCUT2D eigenvalue weighted by Gasteiger charge is -2.34. The van der Waals surface area contributed by atoms with Crippen molar-refractivity contribution in [3.05, 3.63) is 36.0 Å². The Bertz CT molecular complexity index is 968. The molecule has 1 saturated heterocycles. The van der Waals surface area contributed by atoms with Crippen LogP contribution in [0.4, 0.5) is 0 Å². The number of amides is 3. The highest BCUT2D eigenvalue weighted by Gasteiger charge is 2.33. The summed E-state index contributed by atoms with van der Waals surface area (Å²) in [7, 11) is 0. The molecule has 3 amide bonds. The average Bonchev–Trinajstić information content (AvgIpc) is 3.25. The number of para-hydroxylation sites is 1. The number of piperidine rings is 1. The summed E-state index contributed by atoms with van der Waals surface area (Å²) in [5, 5.41) is 7.08. The molecular weight excluding hydrogens is 428 g/mol. The number of hydrogen-bond donors (Lipinski definition) is 3. The molecule has 3 rings (SSSR count). The maximum Gasteiger partial charge on any atom is 0.245 e. The third-order valence-electron chi connectivity index (χ3n) is 6.67. The van der Waals surface area contributed by atoms with E-state index in [-0.39, 0.29) is 29.6 Å². The molecule has 3 N–H and O–H groups in total. The van der Waals surface area contributed by atoms with Gasteiger partial charge in [-0.1, -0.05) is 58.2 Å². The summed E-state index contributed by atoms with van der Waals surface area (Å²) in [6.07, 6.45) is 8.36. The van der Waals surface area contributed by atoms with Crippen molar-refractivity contribution in [2.75, 3.05) is 19.6 Å².